The van der Waals surface area contributed by atoms with Crippen LogP contribution in [0.4, 0.5) is 5.69 Å². The van der Waals surface area contributed by atoms with Gasteiger partial charge in [0.25, 0.3) is 5.91 Å². The van der Waals surface area contributed by atoms with Crippen molar-refractivity contribution in [2.75, 3.05) is 4.90 Å². The van der Waals surface area contributed by atoms with E-state index in [4.69, 9.17) is 11.6 Å². The molecule has 1 amide bonds. The molecule has 1 atom stereocenters. The minimum absolute atomic E-state index is 0.0490. The van der Waals surface area contributed by atoms with Crippen molar-refractivity contribution < 1.29 is 14.7 Å². The number of anilines is 1. The zero-order valence-corrected chi connectivity index (χ0v) is 17.3. The number of aliphatic hydroxyl groups is 1. The summed E-state index contributed by atoms with van der Waals surface area (Å²) in [6.07, 6.45) is 0. The van der Waals surface area contributed by atoms with Gasteiger partial charge in [0.2, 0.25) is 5.78 Å². The van der Waals surface area contributed by atoms with E-state index in [1.807, 2.05) is 37.3 Å². The van der Waals surface area contributed by atoms with Gasteiger partial charge in [0.05, 0.1) is 27.2 Å². The third-order valence-corrected chi connectivity index (χ3v) is 6.07. The molecule has 0 bridgehead atoms. The normalized spacial score (nSPS) is 16.6. The van der Waals surface area contributed by atoms with Crippen LogP contribution in [0.1, 0.15) is 32.0 Å². The third-order valence-electron chi connectivity index (χ3n) is 4.76. The first-order valence-electron chi connectivity index (χ1n) is 8.94. The Labute approximate surface area is 176 Å². The third kappa shape index (κ3) is 3.34. The first kappa shape index (κ1) is 19.4. The highest BCUT2D eigenvalue weighted by molar-refractivity contribution is 7.14. The molecule has 0 saturated carbocycles. The molecule has 0 aliphatic carbocycles. The molecule has 1 aromatic heterocycles. The summed E-state index contributed by atoms with van der Waals surface area (Å²) in [4.78, 5) is 32.6. The number of thiazole rings is 1. The number of hydrogen-bond acceptors (Lipinski definition) is 5. The van der Waals surface area contributed by atoms with E-state index < -0.39 is 23.5 Å². The second-order valence-electron chi connectivity index (χ2n) is 6.71. The molecule has 4 rings (SSSR count). The van der Waals surface area contributed by atoms with E-state index in [0.717, 1.165) is 5.01 Å². The van der Waals surface area contributed by atoms with Gasteiger partial charge in [-0.05, 0) is 37.6 Å². The Morgan fingerprint density at radius 1 is 1.14 bits per heavy atom. The maximum Gasteiger partial charge on any atom is 0.294 e. The molecule has 1 N–H and O–H groups in total. The Morgan fingerprint density at radius 3 is 2.48 bits per heavy atom. The monoisotopic (exact) mass is 424 g/mol. The van der Waals surface area contributed by atoms with Gasteiger partial charge in [0, 0.05) is 10.7 Å². The zero-order chi connectivity index (χ0) is 20.7. The standard InChI is InChI=1S/C22H17ClN2O3S/c1-12-21(29-13(2)24-12)19(26)17-18(14-7-4-3-5-8-14)25(22(28)20(17)27)16-10-6-9-15(23)11-16/h3-11,18,27H,1-2H3. The van der Waals surface area contributed by atoms with E-state index in [1.54, 1.807) is 31.2 Å². The van der Waals surface area contributed by atoms with Crippen molar-refractivity contribution in [2.45, 2.75) is 19.9 Å². The Kier molecular flexibility index (Phi) is 4.98. The number of aryl methyl sites for hydroxylation is 2. The Bertz CT molecular complexity index is 1150. The summed E-state index contributed by atoms with van der Waals surface area (Å²) in [7, 11) is 0. The lowest BCUT2D eigenvalue weighted by atomic mass is 9.95. The predicted molar refractivity (Wildman–Crippen MR) is 114 cm³/mol. The zero-order valence-electron chi connectivity index (χ0n) is 15.7. The quantitative estimate of drug-likeness (QED) is 0.584. The second kappa shape index (κ2) is 7.46. The van der Waals surface area contributed by atoms with Crippen molar-refractivity contribution in [2.24, 2.45) is 0 Å². The number of Topliss-reactive ketones (excluding diaryl/α,β-unsaturated/α-hetero) is 1. The molecule has 1 unspecified atom stereocenters. The first-order chi connectivity index (χ1) is 13.9. The fourth-order valence-electron chi connectivity index (χ4n) is 3.54. The van der Waals surface area contributed by atoms with Crippen LogP contribution in [0.3, 0.4) is 0 Å². The molecule has 0 saturated heterocycles. The lowest BCUT2D eigenvalue weighted by Crippen LogP contribution is -2.31. The van der Waals surface area contributed by atoms with E-state index in [1.165, 1.54) is 16.2 Å². The molecule has 29 heavy (non-hydrogen) atoms. The molecule has 1 aliphatic heterocycles. The number of halogens is 1. The van der Waals surface area contributed by atoms with Crippen LogP contribution in [-0.2, 0) is 4.79 Å². The molecule has 2 aromatic carbocycles. The Morgan fingerprint density at radius 2 is 1.86 bits per heavy atom. The lowest BCUT2D eigenvalue weighted by molar-refractivity contribution is -0.117. The van der Waals surface area contributed by atoms with Crippen LogP contribution in [-0.4, -0.2) is 21.8 Å². The Hall–Kier alpha value is -2.96. The maximum absolute atomic E-state index is 13.4. The number of rotatable bonds is 4. The molecule has 7 heteroatoms. The summed E-state index contributed by atoms with van der Waals surface area (Å²) in [6, 6.07) is 15.2. The van der Waals surface area contributed by atoms with Crippen LogP contribution in [0.2, 0.25) is 5.02 Å². The predicted octanol–water partition coefficient (Wildman–Crippen LogP) is 5.20. The number of carbonyl (C=O) groups excluding carboxylic acids is 2. The fraction of sp³-hybridized carbons (Fsp3) is 0.136. The van der Waals surface area contributed by atoms with Crippen molar-refractivity contribution in [1.82, 2.24) is 4.98 Å². The average Bonchev–Trinajstić information content (AvgIpc) is 3.18. The summed E-state index contributed by atoms with van der Waals surface area (Å²) in [5.41, 5.74) is 1.85. The molecule has 146 valence electrons. The minimum atomic E-state index is -0.767. The van der Waals surface area contributed by atoms with Crippen molar-refractivity contribution in [3.8, 4) is 0 Å². The van der Waals surface area contributed by atoms with Gasteiger partial charge in [0.15, 0.2) is 5.76 Å². The molecule has 0 fully saturated rings. The van der Waals surface area contributed by atoms with E-state index in [0.29, 0.717) is 26.8 Å². The highest BCUT2D eigenvalue weighted by Crippen LogP contribution is 2.43. The average molecular weight is 425 g/mol. The van der Waals surface area contributed by atoms with Crippen LogP contribution >= 0.6 is 22.9 Å². The summed E-state index contributed by atoms with van der Waals surface area (Å²) < 4.78 is 0. The van der Waals surface area contributed by atoms with Gasteiger partial charge < -0.3 is 5.11 Å². The number of hydrogen-bond donors (Lipinski definition) is 1. The fourth-order valence-corrected chi connectivity index (χ4v) is 4.60. The summed E-state index contributed by atoms with van der Waals surface area (Å²) in [5.74, 6) is -1.57. The molecule has 1 aliphatic rings. The van der Waals surface area contributed by atoms with Gasteiger partial charge >= 0.3 is 0 Å². The van der Waals surface area contributed by atoms with E-state index in [-0.39, 0.29) is 5.57 Å². The summed E-state index contributed by atoms with van der Waals surface area (Å²) in [6.45, 7) is 3.56. The number of aromatic nitrogens is 1. The molecule has 0 spiro atoms. The van der Waals surface area contributed by atoms with Crippen molar-refractivity contribution in [1.29, 1.82) is 0 Å². The van der Waals surface area contributed by atoms with E-state index >= 15 is 0 Å². The van der Waals surface area contributed by atoms with E-state index in [2.05, 4.69) is 4.98 Å². The van der Waals surface area contributed by atoms with E-state index in [9.17, 15) is 14.7 Å². The minimum Gasteiger partial charge on any atom is -0.503 e. The first-order valence-corrected chi connectivity index (χ1v) is 10.1. The van der Waals surface area contributed by atoms with Crippen LogP contribution in [0.25, 0.3) is 0 Å². The van der Waals surface area contributed by atoms with Crippen LogP contribution in [0.5, 0.6) is 0 Å². The van der Waals surface area contributed by atoms with Gasteiger partial charge in [-0.15, -0.1) is 11.3 Å². The number of aliphatic hydroxyl groups excluding tert-OH is 1. The van der Waals surface area contributed by atoms with Crippen LogP contribution < -0.4 is 4.90 Å². The number of nitrogens with zero attached hydrogens (tertiary/aromatic N) is 2. The molecule has 2 heterocycles. The van der Waals surface area contributed by atoms with Gasteiger partial charge in [-0.2, -0.15) is 0 Å². The number of ketones is 1. The smallest absolute Gasteiger partial charge is 0.294 e. The SMILES string of the molecule is Cc1nc(C)c(C(=O)C2=C(O)C(=O)N(c3cccc(Cl)c3)C2c2ccccc2)s1. The molecular formula is C22H17ClN2O3S. The van der Waals surface area contributed by atoms with Crippen LogP contribution in [0.15, 0.2) is 65.9 Å². The van der Waals surface area contributed by atoms with Crippen molar-refractivity contribution in [3.63, 3.8) is 0 Å². The number of benzene rings is 2. The molecule has 0 radical (unpaired) electrons. The second-order valence-corrected chi connectivity index (χ2v) is 8.35. The molecule has 3 aromatic rings. The number of amides is 1. The maximum atomic E-state index is 13.4. The van der Waals surface area contributed by atoms with Crippen molar-refractivity contribution >= 4 is 40.3 Å². The van der Waals surface area contributed by atoms with Gasteiger partial charge in [-0.1, -0.05) is 48.0 Å². The van der Waals surface area contributed by atoms with Gasteiger partial charge in [-0.3, -0.25) is 14.5 Å². The van der Waals surface area contributed by atoms with Gasteiger partial charge in [0.1, 0.15) is 0 Å². The van der Waals surface area contributed by atoms with Crippen molar-refractivity contribution in [3.05, 3.63) is 92.1 Å². The largest absolute Gasteiger partial charge is 0.503 e. The number of carbonyl (C=O) groups is 2. The highest BCUT2D eigenvalue weighted by Gasteiger charge is 2.45. The van der Waals surface area contributed by atoms with Gasteiger partial charge in [-0.25, -0.2) is 4.98 Å². The highest BCUT2D eigenvalue weighted by atomic mass is 35.5. The van der Waals surface area contributed by atoms with Crippen LogP contribution in [0, 0.1) is 13.8 Å². The molecule has 5 nitrogen and oxygen atoms in total. The lowest BCUT2D eigenvalue weighted by Gasteiger charge is -2.27. The summed E-state index contributed by atoms with van der Waals surface area (Å²) >= 11 is 7.38. The Balaban J connectivity index is 1.90. The molecular weight excluding hydrogens is 408 g/mol. The summed E-state index contributed by atoms with van der Waals surface area (Å²) in [5, 5.41) is 11.9. The topological polar surface area (TPSA) is 70.5 Å².